The van der Waals surface area contributed by atoms with Gasteiger partial charge in [-0.3, -0.25) is 0 Å². The normalized spacial score (nSPS) is 17.9. The van der Waals surface area contributed by atoms with Crippen LogP contribution in [0, 0.1) is 0 Å². The molecule has 0 aromatic heterocycles. The number of hydrogen-bond donors (Lipinski definition) is 1. The van der Waals surface area contributed by atoms with Gasteiger partial charge < -0.3 is 10.2 Å². The summed E-state index contributed by atoms with van der Waals surface area (Å²) in [7, 11) is 0. The Kier molecular flexibility index (Phi) is 3.27. The predicted molar refractivity (Wildman–Crippen MR) is 61.2 cm³/mol. The maximum atomic E-state index is 5.96. The molecule has 2 rings (SSSR count). The lowest BCUT2D eigenvalue weighted by atomic mass is 10.2. The van der Waals surface area contributed by atoms with Crippen LogP contribution in [0.15, 0.2) is 24.3 Å². The Morgan fingerprint density at radius 2 is 2.14 bits per heavy atom. The van der Waals surface area contributed by atoms with Crippen molar-refractivity contribution in [3.05, 3.63) is 29.3 Å². The van der Waals surface area contributed by atoms with Crippen molar-refractivity contribution in [1.82, 2.24) is 5.32 Å². The second-order valence-corrected chi connectivity index (χ2v) is 4.01. The molecule has 0 aliphatic carbocycles. The molecule has 0 unspecified atom stereocenters. The van der Waals surface area contributed by atoms with Crippen LogP contribution in [0.25, 0.3) is 0 Å². The zero-order valence-corrected chi connectivity index (χ0v) is 8.93. The molecule has 2 nitrogen and oxygen atoms in total. The molecule has 1 fully saturated rings. The summed E-state index contributed by atoms with van der Waals surface area (Å²) in [5.74, 6) is 0. The number of halogens is 1. The molecule has 1 aromatic rings. The maximum Gasteiger partial charge on any atom is 0.0426 e. The molecule has 1 aliphatic rings. The summed E-state index contributed by atoms with van der Waals surface area (Å²) in [5.41, 5.74) is 1.24. The fourth-order valence-electron chi connectivity index (χ4n) is 1.78. The van der Waals surface area contributed by atoms with Gasteiger partial charge in [0.25, 0.3) is 0 Å². The molecule has 1 heterocycles. The van der Waals surface area contributed by atoms with Crippen LogP contribution in [0.2, 0.25) is 5.02 Å². The second-order valence-electron chi connectivity index (χ2n) is 3.57. The molecule has 0 amide bonds. The zero-order valence-electron chi connectivity index (χ0n) is 8.17. The van der Waals surface area contributed by atoms with Crippen LogP contribution in [-0.2, 0) is 0 Å². The molecule has 0 atom stereocenters. The van der Waals surface area contributed by atoms with Crippen molar-refractivity contribution >= 4 is 17.3 Å². The molecule has 76 valence electrons. The van der Waals surface area contributed by atoms with Crippen molar-refractivity contribution < 1.29 is 0 Å². The van der Waals surface area contributed by atoms with E-state index >= 15 is 0 Å². The van der Waals surface area contributed by atoms with Gasteiger partial charge in [0, 0.05) is 30.3 Å². The predicted octanol–water partition coefficient (Wildman–Crippen LogP) is 2.14. The third kappa shape index (κ3) is 2.40. The van der Waals surface area contributed by atoms with E-state index in [4.69, 9.17) is 11.6 Å². The molecule has 0 bridgehead atoms. The van der Waals surface area contributed by atoms with Gasteiger partial charge in [-0.2, -0.15) is 0 Å². The van der Waals surface area contributed by atoms with E-state index in [1.54, 1.807) is 0 Å². The Morgan fingerprint density at radius 1 is 1.21 bits per heavy atom. The van der Waals surface area contributed by atoms with Crippen molar-refractivity contribution in [2.24, 2.45) is 0 Å². The molecule has 0 spiro atoms. The lowest BCUT2D eigenvalue weighted by molar-refractivity contribution is 0.724. The largest absolute Gasteiger partial charge is 0.370 e. The fraction of sp³-hybridized carbons (Fsp3) is 0.455. The van der Waals surface area contributed by atoms with Crippen molar-refractivity contribution in [3.63, 3.8) is 0 Å². The molecule has 1 aliphatic heterocycles. The van der Waals surface area contributed by atoms with Crippen LogP contribution < -0.4 is 10.2 Å². The number of benzene rings is 1. The maximum absolute atomic E-state index is 5.96. The van der Waals surface area contributed by atoms with Crippen molar-refractivity contribution in [3.8, 4) is 0 Å². The summed E-state index contributed by atoms with van der Waals surface area (Å²) >= 11 is 5.96. The van der Waals surface area contributed by atoms with Crippen molar-refractivity contribution in [1.29, 1.82) is 0 Å². The Labute approximate surface area is 89.9 Å². The summed E-state index contributed by atoms with van der Waals surface area (Å²) in [6.07, 6.45) is 1.20. The minimum absolute atomic E-state index is 0.819. The number of anilines is 1. The summed E-state index contributed by atoms with van der Waals surface area (Å²) in [5, 5.41) is 4.21. The Balaban J connectivity index is 2.12. The van der Waals surface area contributed by atoms with E-state index in [1.807, 2.05) is 18.2 Å². The van der Waals surface area contributed by atoms with Crippen LogP contribution in [0.3, 0.4) is 0 Å². The van der Waals surface area contributed by atoms with Crippen LogP contribution in [0.5, 0.6) is 0 Å². The van der Waals surface area contributed by atoms with Gasteiger partial charge in [-0.1, -0.05) is 17.7 Å². The summed E-state index contributed by atoms with van der Waals surface area (Å²) in [6.45, 7) is 4.37. The van der Waals surface area contributed by atoms with Crippen LogP contribution >= 0.6 is 11.6 Å². The van der Waals surface area contributed by atoms with Gasteiger partial charge in [0.2, 0.25) is 0 Å². The third-order valence-corrected chi connectivity index (χ3v) is 2.75. The summed E-state index contributed by atoms with van der Waals surface area (Å²) < 4.78 is 0. The monoisotopic (exact) mass is 210 g/mol. The topological polar surface area (TPSA) is 15.3 Å². The van der Waals surface area contributed by atoms with Gasteiger partial charge in [0.15, 0.2) is 0 Å². The minimum atomic E-state index is 0.819. The molecule has 1 N–H and O–H groups in total. The van der Waals surface area contributed by atoms with Crippen molar-refractivity contribution in [2.75, 3.05) is 31.1 Å². The van der Waals surface area contributed by atoms with Gasteiger partial charge >= 0.3 is 0 Å². The van der Waals surface area contributed by atoms with Gasteiger partial charge in [-0.25, -0.2) is 0 Å². The molecule has 3 heteroatoms. The first kappa shape index (κ1) is 9.81. The van der Waals surface area contributed by atoms with Gasteiger partial charge in [0.1, 0.15) is 0 Å². The molecular formula is C11H15ClN2. The summed E-state index contributed by atoms with van der Waals surface area (Å²) in [4.78, 5) is 2.38. The first-order valence-electron chi connectivity index (χ1n) is 5.07. The highest BCUT2D eigenvalue weighted by atomic mass is 35.5. The first-order valence-corrected chi connectivity index (χ1v) is 5.45. The van der Waals surface area contributed by atoms with E-state index in [9.17, 15) is 0 Å². The highest BCUT2D eigenvalue weighted by Gasteiger charge is 2.08. The number of rotatable bonds is 1. The fourth-order valence-corrected chi connectivity index (χ4v) is 1.96. The molecule has 1 saturated heterocycles. The minimum Gasteiger partial charge on any atom is -0.370 e. The SMILES string of the molecule is Clc1cccc(N2CCCNCC2)c1. The first-order chi connectivity index (χ1) is 6.86. The van der Waals surface area contributed by atoms with Gasteiger partial charge in [-0.15, -0.1) is 0 Å². The van der Waals surface area contributed by atoms with E-state index in [2.05, 4.69) is 16.3 Å². The Hall–Kier alpha value is -0.730. The molecular weight excluding hydrogens is 196 g/mol. The number of nitrogens with zero attached hydrogens (tertiary/aromatic N) is 1. The summed E-state index contributed by atoms with van der Waals surface area (Å²) in [6, 6.07) is 8.08. The molecule has 1 aromatic carbocycles. The van der Waals surface area contributed by atoms with E-state index in [1.165, 1.54) is 12.1 Å². The van der Waals surface area contributed by atoms with Crippen LogP contribution in [-0.4, -0.2) is 26.2 Å². The standard InChI is InChI=1S/C11H15ClN2/c12-10-3-1-4-11(9-10)14-7-2-5-13-6-8-14/h1,3-4,9,13H,2,5-8H2. The second kappa shape index (κ2) is 4.67. The molecule has 0 radical (unpaired) electrons. The van der Waals surface area contributed by atoms with Crippen molar-refractivity contribution in [2.45, 2.75) is 6.42 Å². The van der Waals surface area contributed by atoms with Crippen LogP contribution in [0.1, 0.15) is 6.42 Å². The average Bonchev–Trinajstić information content (AvgIpc) is 2.45. The average molecular weight is 211 g/mol. The van der Waals surface area contributed by atoms with E-state index in [-0.39, 0.29) is 0 Å². The quantitative estimate of drug-likeness (QED) is 0.764. The Bertz CT molecular complexity index is 293. The van der Waals surface area contributed by atoms with Crippen LogP contribution in [0.4, 0.5) is 5.69 Å². The van der Waals surface area contributed by atoms with E-state index < -0.39 is 0 Å². The van der Waals surface area contributed by atoms with Gasteiger partial charge in [-0.05, 0) is 31.2 Å². The molecule has 14 heavy (non-hydrogen) atoms. The third-order valence-electron chi connectivity index (χ3n) is 2.51. The van der Waals surface area contributed by atoms with Gasteiger partial charge in [0.05, 0.1) is 0 Å². The lowest BCUT2D eigenvalue weighted by Gasteiger charge is -2.22. The molecule has 0 saturated carbocycles. The smallest absolute Gasteiger partial charge is 0.0426 e. The highest BCUT2D eigenvalue weighted by molar-refractivity contribution is 6.30. The zero-order chi connectivity index (χ0) is 9.80. The Morgan fingerprint density at radius 3 is 3.00 bits per heavy atom. The number of nitrogens with one attached hydrogen (secondary N) is 1. The van der Waals surface area contributed by atoms with E-state index in [0.29, 0.717) is 0 Å². The lowest BCUT2D eigenvalue weighted by Crippen LogP contribution is -2.27. The highest BCUT2D eigenvalue weighted by Crippen LogP contribution is 2.19. The number of hydrogen-bond acceptors (Lipinski definition) is 2. The van der Waals surface area contributed by atoms with E-state index in [0.717, 1.165) is 31.2 Å².